The number of aromatic nitrogens is 1. The van der Waals surface area contributed by atoms with Crippen LogP contribution in [0.3, 0.4) is 0 Å². The zero-order chi connectivity index (χ0) is 9.10. The van der Waals surface area contributed by atoms with Gasteiger partial charge in [0, 0.05) is 12.2 Å². The van der Waals surface area contributed by atoms with Crippen molar-refractivity contribution in [2.24, 2.45) is 0 Å². The maximum Gasteiger partial charge on any atom is 0.111 e. The molecule has 0 unspecified atom stereocenters. The number of pyridine rings is 1. The highest BCUT2D eigenvalue weighted by atomic mass is 16.3. The number of aliphatic hydroxyl groups is 1. The second-order valence-electron chi connectivity index (χ2n) is 3.40. The highest BCUT2D eigenvalue weighted by molar-refractivity contribution is 5.09. The number of nitrogens with one attached hydrogen (secondary N) is 1. The molecule has 13 heavy (non-hydrogen) atoms. The molecule has 3 nitrogen and oxygen atoms in total. The molecule has 0 radical (unpaired) electrons. The molecule has 2 rings (SSSR count). The summed E-state index contributed by atoms with van der Waals surface area (Å²) in [4.78, 5) is 4.13. The summed E-state index contributed by atoms with van der Waals surface area (Å²) in [5.74, 6) is 0. The molecule has 1 aromatic rings. The number of nitrogens with zero attached hydrogens (tertiary/aromatic N) is 1. The average molecular weight is 178 g/mol. The van der Waals surface area contributed by atoms with Crippen molar-refractivity contribution in [3.05, 3.63) is 30.1 Å². The van der Waals surface area contributed by atoms with Gasteiger partial charge in [0.15, 0.2) is 0 Å². The van der Waals surface area contributed by atoms with Crippen LogP contribution in [0, 0.1) is 0 Å². The maximum absolute atomic E-state index is 9.90. The van der Waals surface area contributed by atoms with Crippen molar-refractivity contribution in [3.63, 3.8) is 0 Å². The van der Waals surface area contributed by atoms with Crippen molar-refractivity contribution < 1.29 is 5.11 Å². The van der Waals surface area contributed by atoms with Crippen molar-refractivity contribution in [1.82, 2.24) is 10.3 Å². The van der Waals surface area contributed by atoms with Gasteiger partial charge >= 0.3 is 0 Å². The quantitative estimate of drug-likeness (QED) is 0.706. The fraction of sp³-hybridized carbons (Fsp3) is 0.500. The Morgan fingerprint density at radius 3 is 3.08 bits per heavy atom. The van der Waals surface area contributed by atoms with Gasteiger partial charge in [-0.1, -0.05) is 6.07 Å². The van der Waals surface area contributed by atoms with E-state index < -0.39 is 6.10 Å². The second-order valence-corrected chi connectivity index (χ2v) is 3.40. The van der Waals surface area contributed by atoms with E-state index >= 15 is 0 Å². The van der Waals surface area contributed by atoms with Gasteiger partial charge in [0.05, 0.1) is 5.69 Å². The Kier molecular flexibility index (Phi) is 2.57. The lowest BCUT2D eigenvalue weighted by Gasteiger charge is -2.17. The summed E-state index contributed by atoms with van der Waals surface area (Å²) in [7, 11) is 0. The first-order valence-electron chi connectivity index (χ1n) is 4.70. The number of hydrogen-bond acceptors (Lipinski definition) is 3. The Labute approximate surface area is 77.8 Å². The first-order valence-corrected chi connectivity index (χ1v) is 4.70. The largest absolute Gasteiger partial charge is 0.385 e. The highest BCUT2D eigenvalue weighted by Gasteiger charge is 2.24. The minimum absolute atomic E-state index is 0.190. The van der Waals surface area contributed by atoms with Crippen molar-refractivity contribution in [2.75, 3.05) is 6.54 Å². The lowest BCUT2D eigenvalue weighted by molar-refractivity contribution is 0.133. The first-order chi connectivity index (χ1) is 6.38. The summed E-state index contributed by atoms with van der Waals surface area (Å²) in [5, 5.41) is 13.2. The van der Waals surface area contributed by atoms with E-state index in [1.165, 1.54) is 0 Å². The molecule has 1 aliphatic rings. The van der Waals surface area contributed by atoms with Crippen LogP contribution in [0.1, 0.15) is 24.6 Å². The van der Waals surface area contributed by atoms with E-state index in [9.17, 15) is 5.11 Å². The molecule has 2 heterocycles. The SMILES string of the molecule is O[C@H](c1ccccn1)[C@H]1CCCN1. The molecule has 0 aromatic carbocycles. The van der Waals surface area contributed by atoms with E-state index in [4.69, 9.17) is 0 Å². The van der Waals surface area contributed by atoms with Crippen molar-refractivity contribution >= 4 is 0 Å². The van der Waals surface area contributed by atoms with Gasteiger partial charge < -0.3 is 10.4 Å². The van der Waals surface area contributed by atoms with Gasteiger partial charge in [-0.2, -0.15) is 0 Å². The molecule has 1 aliphatic heterocycles. The van der Waals surface area contributed by atoms with E-state index in [0.29, 0.717) is 0 Å². The van der Waals surface area contributed by atoms with Crippen LogP contribution in [-0.4, -0.2) is 22.7 Å². The Morgan fingerprint density at radius 1 is 1.54 bits per heavy atom. The minimum Gasteiger partial charge on any atom is -0.385 e. The Balaban J connectivity index is 2.08. The van der Waals surface area contributed by atoms with Crippen LogP contribution in [0.4, 0.5) is 0 Å². The van der Waals surface area contributed by atoms with Gasteiger partial charge in [0.2, 0.25) is 0 Å². The van der Waals surface area contributed by atoms with Crippen molar-refractivity contribution in [2.45, 2.75) is 25.0 Å². The number of rotatable bonds is 2. The molecule has 1 aromatic heterocycles. The molecular formula is C10H14N2O. The molecule has 0 saturated carbocycles. The summed E-state index contributed by atoms with van der Waals surface area (Å²) >= 11 is 0. The first kappa shape index (κ1) is 8.66. The summed E-state index contributed by atoms with van der Waals surface area (Å²) in [6.45, 7) is 1.01. The van der Waals surface area contributed by atoms with Gasteiger partial charge in [0.25, 0.3) is 0 Å². The van der Waals surface area contributed by atoms with E-state index in [1.807, 2.05) is 18.2 Å². The molecule has 70 valence electrons. The smallest absolute Gasteiger partial charge is 0.111 e. The third-order valence-corrected chi connectivity index (χ3v) is 2.47. The Morgan fingerprint density at radius 2 is 2.46 bits per heavy atom. The van der Waals surface area contributed by atoms with Gasteiger partial charge in [-0.25, -0.2) is 0 Å². The summed E-state index contributed by atoms with van der Waals surface area (Å²) in [5.41, 5.74) is 0.766. The van der Waals surface area contributed by atoms with Crippen LogP contribution in [0.15, 0.2) is 24.4 Å². The lowest BCUT2D eigenvalue weighted by atomic mass is 10.1. The molecule has 0 bridgehead atoms. The lowest BCUT2D eigenvalue weighted by Crippen LogP contribution is -2.29. The zero-order valence-corrected chi connectivity index (χ0v) is 7.48. The Hall–Kier alpha value is -0.930. The second kappa shape index (κ2) is 3.85. The molecule has 1 saturated heterocycles. The average Bonchev–Trinajstić information content (AvgIpc) is 2.71. The Bertz CT molecular complexity index is 257. The monoisotopic (exact) mass is 178 g/mol. The van der Waals surface area contributed by atoms with E-state index in [-0.39, 0.29) is 6.04 Å². The fourth-order valence-corrected chi connectivity index (χ4v) is 1.74. The zero-order valence-electron chi connectivity index (χ0n) is 7.48. The van der Waals surface area contributed by atoms with Crippen molar-refractivity contribution in [3.8, 4) is 0 Å². The van der Waals surface area contributed by atoms with Crippen LogP contribution in [0.2, 0.25) is 0 Å². The molecule has 0 aliphatic carbocycles. The van der Waals surface area contributed by atoms with Crippen molar-refractivity contribution in [1.29, 1.82) is 0 Å². The van der Waals surface area contributed by atoms with Crippen LogP contribution in [-0.2, 0) is 0 Å². The molecule has 2 atom stereocenters. The number of hydrogen-bond donors (Lipinski definition) is 2. The molecule has 3 heteroatoms. The highest BCUT2D eigenvalue weighted by Crippen LogP contribution is 2.20. The molecule has 1 fully saturated rings. The summed E-state index contributed by atoms with van der Waals surface area (Å²) in [6, 6.07) is 5.82. The molecule has 2 N–H and O–H groups in total. The van der Waals surface area contributed by atoms with Crippen LogP contribution >= 0.6 is 0 Å². The molecule has 0 spiro atoms. The summed E-state index contributed by atoms with van der Waals surface area (Å²) in [6.07, 6.45) is 3.45. The topological polar surface area (TPSA) is 45.2 Å². The predicted octanol–water partition coefficient (Wildman–Crippen LogP) is 0.867. The van der Waals surface area contributed by atoms with E-state index in [2.05, 4.69) is 10.3 Å². The van der Waals surface area contributed by atoms with Gasteiger partial charge in [-0.3, -0.25) is 4.98 Å². The molecular weight excluding hydrogens is 164 g/mol. The maximum atomic E-state index is 9.90. The predicted molar refractivity (Wildman–Crippen MR) is 50.2 cm³/mol. The van der Waals surface area contributed by atoms with Crippen LogP contribution in [0.25, 0.3) is 0 Å². The van der Waals surface area contributed by atoms with Gasteiger partial charge in [-0.15, -0.1) is 0 Å². The minimum atomic E-state index is -0.455. The molecule has 0 amide bonds. The third-order valence-electron chi connectivity index (χ3n) is 2.47. The normalized spacial score (nSPS) is 24.5. The summed E-state index contributed by atoms with van der Waals surface area (Å²) < 4.78 is 0. The van der Waals surface area contributed by atoms with Gasteiger partial charge in [0.1, 0.15) is 6.10 Å². The third kappa shape index (κ3) is 1.87. The standard InChI is InChI=1S/C10H14N2O/c13-10(9-5-3-7-12-9)8-4-1-2-6-11-8/h1-2,4,6,9-10,12-13H,3,5,7H2/t9-,10-/m1/s1. The van der Waals surface area contributed by atoms with Gasteiger partial charge in [-0.05, 0) is 31.5 Å². The fourth-order valence-electron chi connectivity index (χ4n) is 1.74. The van der Waals surface area contributed by atoms with Crippen LogP contribution in [0.5, 0.6) is 0 Å². The van der Waals surface area contributed by atoms with E-state index in [0.717, 1.165) is 25.1 Å². The van der Waals surface area contributed by atoms with Crippen LogP contribution < -0.4 is 5.32 Å². The number of aliphatic hydroxyl groups excluding tert-OH is 1. The van der Waals surface area contributed by atoms with E-state index in [1.54, 1.807) is 6.20 Å².